The highest BCUT2D eigenvalue weighted by Gasteiger charge is 2.60. The van der Waals surface area contributed by atoms with E-state index in [-0.39, 0.29) is 31.9 Å². The number of nitrogens with one attached hydrogen (secondary N) is 1. The summed E-state index contributed by atoms with van der Waals surface area (Å²) in [6.45, 7) is 7.15. The Balaban J connectivity index is 1.15. The maximum Gasteiger partial charge on any atom is 0.307 e. The minimum Gasteiger partial charge on any atom is -0.481 e. The van der Waals surface area contributed by atoms with E-state index in [4.69, 9.17) is 28.4 Å². The average Bonchev–Trinajstić information content (AvgIpc) is 3.49. The number of fused-ring (bicyclic) bond motifs is 3. The molecular weight excluding hydrogens is 582 g/mol. The van der Waals surface area contributed by atoms with Gasteiger partial charge in [0.15, 0.2) is 17.9 Å². The molecule has 45 heavy (non-hydrogen) atoms. The fraction of sp³-hybridized carbons (Fsp3) is 0.559. The van der Waals surface area contributed by atoms with Gasteiger partial charge in [-0.2, -0.15) is 0 Å². The van der Waals surface area contributed by atoms with Gasteiger partial charge in [-0.15, -0.1) is 0 Å². The molecular formula is C34H43NO10. The second-order valence-corrected chi connectivity index (χ2v) is 12.8. The first-order valence-corrected chi connectivity index (χ1v) is 15.5. The Hall–Kier alpha value is -3.35. The Morgan fingerprint density at radius 3 is 1.98 bits per heavy atom. The summed E-state index contributed by atoms with van der Waals surface area (Å²) in [5.41, 5.74) is 1.82. The second-order valence-electron chi connectivity index (χ2n) is 12.8. The van der Waals surface area contributed by atoms with Crippen LogP contribution in [0.15, 0.2) is 60.7 Å². The Kier molecular flexibility index (Phi) is 10.2. The molecule has 3 heterocycles. The third-order valence-electron chi connectivity index (χ3n) is 8.23. The van der Waals surface area contributed by atoms with Gasteiger partial charge in [-0.1, -0.05) is 60.7 Å². The van der Waals surface area contributed by atoms with Crippen molar-refractivity contribution in [2.45, 2.75) is 95.7 Å². The first-order chi connectivity index (χ1) is 21.4. The van der Waals surface area contributed by atoms with Gasteiger partial charge in [0.2, 0.25) is 5.91 Å². The minimum atomic E-state index is -0.954. The number of carboxylic acid groups (broad SMARTS) is 1. The number of carbonyl (C=O) groups is 3. The van der Waals surface area contributed by atoms with Crippen LogP contribution in [0, 0.1) is 11.8 Å². The van der Waals surface area contributed by atoms with Crippen LogP contribution in [0.2, 0.25) is 0 Å². The molecule has 244 valence electrons. The third-order valence-corrected chi connectivity index (χ3v) is 8.23. The van der Waals surface area contributed by atoms with Crippen LogP contribution in [0.3, 0.4) is 0 Å². The zero-order valence-corrected chi connectivity index (χ0v) is 26.2. The largest absolute Gasteiger partial charge is 0.481 e. The molecule has 1 amide bonds. The normalized spacial score (nSPS) is 27.5. The molecule has 3 saturated heterocycles. The number of aliphatic carboxylic acids is 1. The molecule has 5 rings (SSSR count). The maximum atomic E-state index is 13.4. The number of esters is 1. The Morgan fingerprint density at radius 1 is 0.800 bits per heavy atom. The maximum absolute atomic E-state index is 13.4. The van der Waals surface area contributed by atoms with E-state index in [1.165, 1.54) is 0 Å². The molecule has 0 aliphatic carbocycles. The van der Waals surface area contributed by atoms with E-state index in [0.29, 0.717) is 12.8 Å². The number of amides is 1. The number of hydrogen-bond donors (Lipinski definition) is 2. The lowest BCUT2D eigenvalue weighted by molar-refractivity contribution is -0.242. The van der Waals surface area contributed by atoms with Gasteiger partial charge < -0.3 is 38.8 Å². The van der Waals surface area contributed by atoms with Crippen molar-refractivity contribution >= 4 is 17.8 Å². The van der Waals surface area contributed by atoms with Gasteiger partial charge in [-0.3, -0.25) is 14.4 Å². The summed E-state index contributed by atoms with van der Waals surface area (Å²) in [6, 6.07) is 18.8. The van der Waals surface area contributed by atoms with Crippen molar-refractivity contribution in [1.82, 2.24) is 5.32 Å². The Bertz CT molecular complexity index is 1320. The van der Waals surface area contributed by atoms with Crippen molar-refractivity contribution in [3.05, 3.63) is 71.8 Å². The Labute approximate surface area is 263 Å². The van der Waals surface area contributed by atoms with Crippen LogP contribution >= 0.6 is 0 Å². The highest BCUT2D eigenvalue weighted by molar-refractivity contribution is 5.81. The zero-order chi connectivity index (χ0) is 32.2. The second kappa shape index (κ2) is 14.0. The van der Waals surface area contributed by atoms with Crippen LogP contribution in [0.1, 0.15) is 51.7 Å². The van der Waals surface area contributed by atoms with E-state index in [1.54, 1.807) is 27.7 Å². The summed E-state index contributed by atoms with van der Waals surface area (Å²) >= 11 is 0. The predicted octanol–water partition coefficient (Wildman–Crippen LogP) is 3.62. The summed E-state index contributed by atoms with van der Waals surface area (Å²) in [5, 5.41) is 12.8. The number of carbonyl (C=O) groups excluding carboxylic acids is 2. The van der Waals surface area contributed by atoms with Crippen molar-refractivity contribution < 1.29 is 47.9 Å². The van der Waals surface area contributed by atoms with E-state index in [1.807, 2.05) is 60.7 Å². The summed E-state index contributed by atoms with van der Waals surface area (Å²) in [4.78, 5) is 38.3. The van der Waals surface area contributed by atoms with Gasteiger partial charge in [0, 0.05) is 12.5 Å². The summed E-state index contributed by atoms with van der Waals surface area (Å²) in [6.07, 6.45) is -2.02. The average molecular weight is 626 g/mol. The number of carboxylic acids is 1. The predicted molar refractivity (Wildman–Crippen MR) is 161 cm³/mol. The number of benzene rings is 2. The monoisotopic (exact) mass is 625 g/mol. The molecule has 11 heteroatoms. The molecule has 2 aromatic carbocycles. The molecule has 7 atom stereocenters. The smallest absolute Gasteiger partial charge is 0.307 e. The van der Waals surface area contributed by atoms with E-state index < -0.39 is 66.1 Å². The first-order valence-electron chi connectivity index (χ1n) is 15.5. The van der Waals surface area contributed by atoms with Crippen molar-refractivity contribution in [2.75, 3.05) is 13.2 Å². The molecule has 3 fully saturated rings. The van der Waals surface area contributed by atoms with Crippen molar-refractivity contribution in [2.24, 2.45) is 11.8 Å². The van der Waals surface area contributed by atoms with Crippen LogP contribution in [-0.4, -0.2) is 78.4 Å². The van der Waals surface area contributed by atoms with Crippen molar-refractivity contribution in [1.29, 1.82) is 0 Å². The fourth-order valence-electron chi connectivity index (χ4n) is 6.20. The van der Waals surface area contributed by atoms with E-state index >= 15 is 0 Å². The zero-order valence-electron chi connectivity index (χ0n) is 26.2. The molecule has 0 spiro atoms. The van der Waals surface area contributed by atoms with Gasteiger partial charge in [-0.25, -0.2) is 0 Å². The van der Waals surface area contributed by atoms with Crippen molar-refractivity contribution in [3.63, 3.8) is 0 Å². The molecule has 3 aliphatic heterocycles. The Morgan fingerprint density at radius 2 is 1.36 bits per heavy atom. The quantitative estimate of drug-likeness (QED) is 0.318. The molecule has 0 aromatic heterocycles. The van der Waals surface area contributed by atoms with Crippen LogP contribution in [0.25, 0.3) is 0 Å². The van der Waals surface area contributed by atoms with Gasteiger partial charge >= 0.3 is 11.9 Å². The lowest BCUT2D eigenvalue weighted by Gasteiger charge is -2.36. The molecule has 2 N–H and O–H groups in total. The summed E-state index contributed by atoms with van der Waals surface area (Å²) in [5.74, 6) is -4.86. The highest BCUT2D eigenvalue weighted by atomic mass is 16.9. The van der Waals surface area contributed by atoms with E-state index in [9.17, 15) is 19.5 Å². The van der Waals surface area contributed by atoms with E-state index in [0.717, 1.165) is 11.1 Å². The number of ether oxygens (including phenoxy) is 6. The topological polar surface area (TPSA) is 139 Å². The van der Waals surface area contributed by atoms with Gasteiger partial charge in [-0.05, 0) is 58.1 Å². The first kappa shape index (κ1) is 33.0. The molecule has 0 saturated carbocycles. The van der Waals surface area contributed by atoms with Gasteiger partial charge in [0.05, 0.1) is 12.3 Å². The SMILES string of the molecule is CC1(C)O[C@@H]2O[C@@H](COC(=O)CCNC(=O)[C@H](Cc3ccccc3)C[C@@H](Cc3ccccc3)C(=O)O)[C@H]3OC(C)(C)O[C@H]3[C@@H]2O1. The van der Waals surface area contributed by atoms with Crippen LogP contribution < -0.4 is 5.32 Å². The van der Waals surface area contributed by atoms with Crippen LogP contribution in [0.5, 0.6) is 0 Å². The van der Waals surface area contributed by atoms with Gasteiger partial charge in [0.25, 0.3) is 0 Å². The number of hydrogen-bond acceptors (Lipinski definition) is 9. The summed E-state index contributed by atoms with van der Waals surface area (Å²) < 4.78 is 35.7. The minimum absolute atomic E-state index is 0.0411. The number of rotatable bonds is 13. The van der Waals surface area contributed by atoms with Crippen LogP contribution in [-0.2, 0) is 55.6 Å². The standard InChI is InChI=1S/C34H43NO10/c1-33(2)42-27-25(41-32-29(28(27)43-33)44-34(3,4)45-32)20-40-26(36)15-16-35-30(37)23(17-21-11-7-5-8-12-21)19-24(31(38)39)18-22-13-9-6-10-14-22/h5-14,23-25,27-29,32H,15-20H2,1-4H3,(H,35,37)(H,38,39)/t23-,24-,25+,27-,28-,29+,32+/m1/s1. The van der Waals surface area contributed by atoms with Crippen molar-refractivity contribution in [3.8, 4) is 0 Å². The molecule has 11 nitrogen and oxygen atoms in total. The van der Waals surface area contributed by atoms with E-state index in [2.05, 4.69) is 5.32 Å². The summed E-state index contributed by atoms with van der Waals surface area (Å²) in [7, 11) is 0. The van der Waals surface area contributed by atoms with Gasteiger partial charge in [0.1, 0.15) is 31.0 Å². The lowest BCUT2D eigenvalue weighted by atomic mass is 9.85. The third kappa shape index (κ3) is 8.68. The molecule has 0 unspecified atom stereocenters. The molecule has 2 aromatic rings. The molecule has 0 radical (unpaired) electrons. The lowest BCUT2D eigenvalue weighted by Crippen LogP contribution is -2.56. The molecule has 3 aliphatic rings. The van der Waals surface area contributed by atoms with Crippen LogP contribution in [0.4, 0.5) is 0 Å². The molecule has 0 bridgehead atoms. The highest BCUT2D eigenvalue weighted by Crippen LogP contribution is 2.44. The fourth-order valence-corrected chi connectivity index (χ4v) is 6.20.